The van der Waals surface area contributed by atoms with Gasteiger partial charge in [0.15, 0.2) is 0 Å². The second-order valence-electron chi connectivity index (χ2n) is 5.33. The number of pyridine rings is 1. The smallest absolute Gasteiger partial charge is 0.242 e. The number of sulfonamides is 1. The standard InChI is InChI=1S/C16H16N4O2S/c17-8-12-7-14(10-18-9-12)23(21,22)20-11-16-15-4-2-1-3-13(15)5-6-19-16/h1-4,7,9-10,16,19-20H,5-6,11H2. The van der Waals surface area contributed by atoms with Gasteiger partial charge in [-0.15, -0.1) is 0 Å². The Hall–Kier alpha value is -2.27. The lowest BCUT2D eigenvalue weighted by molar-refractivity contribution is 0.491. The SMILES string of the molecule is N#Cc1cncc(S(=O)(=O)NCC2NCCc3ccccc32)c1. The fourth-order valence-electron chi connectivity index (χ4n) is 2.68. The summed E-state index contributed by atoms with van der Waals surface area (Å²) < 4.78 is 27.3. The van der Waals surface area contributed by atoms with E-state index in [1.54, 1.807) is 0 Å². The zero-order valence-corrected chi connectivity index (χ0v) is 13.2. The van der Waals surface area contributed by atoms with Crippen molar-refractivity contribution in [1.29, 1.82) is 5.26 Å². The van der Waals surface area contributed by atoms with Gasteiger partial charge in [0, 0.05) is 25.0 Å². The normalized spacial score (nSPS) is 17.3. The molecule has 0 radical (unpaired) electrons. The van der Waals surface area contributed by atoms with E-state index >= 15 is 0 Å². The first kappa shape index (κ1) is 15.6. The van der Waals surface area contributed by atoms with E-state index in [9.17, 15) is 8.42 Å². The largest absolute Gasteiger partial charge is 0.308 e. The quantitative estimate of drug-likeness (QED) is 0.877. The number of nitriles is 1. The molecular formula is C16H16N4O2S. The van der Waals surface area contributed by atoms with Crippen molar-refractivity contribution >= 4 is 10.0 Å². The Morgan fingerprint density at radius 2 is 2.17 bits per heavy atom. The van der Waals surface area contributed by atoms with Crippen LogP contribution >= 0.6 is 0 Å². The highest BCUT2D eigenvalue weighted by Gasteiger charge is 2.22. The fourth-order valence-corrected chi connectivity index (χ4v) is 3.71. The highest BCUT2D eigenvalue weighted by molar-refractivity contribution is 7.89. The predicted molar refractivity (Wildman–Crippen MR) is 85.0 cm³/mol. The third kappa shape index (κ3) is 3.40. The minimum atomic E-state index is -3.70. The van der Waals surface area contributed by atoms with Gasteiger partial charge in [0.2, 0.25) is 10.0 Å². The van der Waals surface area contributed by atoms with Gasteiger partial charge in [-0.25, -0.2) is 13.1 Å². The first-order valence-electron chi connectivity index (χ1n) is 7.26. The van der Waals surface area contributed by atoms with Crippen LogP contribution in [0.15, 0.2) is 47.6 Å². The van der Waals surface area contributed by atoms with Crippen molar-refractivity contribution in [1.82, 2.24) is 15.0 Å². The molecule has 0 fully saturated rings. The summed E-state index contributed by atoms with van der Waals surface area (Å²) in [5, 5.41) is 12.2. The van der Waals surface area contributed by atoms with Crippen LogP contribution in [0.1, 0.15) is 22.7 Å². The summed E-state index contributed by atoms with van der Waals surface area (Å²) in [6.45, 7) is 1.06. The monoisotopic (exact) mass is 328 g/mol. The zero-order chi connectivity index (χ0) is 16.3. The summed E-state index contributed by atoms with van der Waals surface area (Å²) in [5.74, 6) is 0. The molecule has 0 saturated heterocycles. The number of benzene rings is 1. The lowest BCUT2D eigenvalue weighted by Gasteiger charge is -2.27. The number of rotatable bonds is 4. The molecule has 1 aromatic carbocycles. The molecule has 0 amide bonds. The van der Waals surface area contributed by atoms with Crippen molar-refractivity contribution in [2.45, 2.75) is 17.4 Å². The Morgan fingerprint density at radius 1 is 1.35 bits per heavy atom. The Morgan fingerprint density at radius 3 is 3.00 bits per heavy atom. The van der Waals surface area contributed by atoms with Crippen molar-refractivity contribution in [2.24, 2.45) is 0 Å². The van der Waals surface area contributed by atoms with E-state index in [-0.39, 0.29) is 23.0 Å². The second-order valence-corrected chi connectivity index (χ2v) is 7.10. The summed E-state index contributed by atoms with van der Waals surface area (Å²) in [6.07, 6.45) is 3.51. The van der Waals surface area contributed by atoms with E-state index in [0.29, 0.717) is 0 Å². The van der Waals surface area contributed by atoms with E-state index in [0.717, 1.165) is 18.5 Å². The van der Waals surface area contributed by atoms with E-state index in [1.165, 1.54) is 24.0 Å². The van der Waals surface area contributed by atoms with Crippen molar-refractivity contribution in [3.63, 3.8) is 0 Å². The third-order valence-corrected chi connectivity index (χ3v) is 5.24. The average Bonchev–Trinajstić information content (AvgIpc) is 2.60. The molecular weight excluding hydrogens is 312 g/mol. The minimum Gasteiger partial charge on any atom is -0.308 e. The van der Waals surface area contributed by atoms with Crippen LogP contribution < -0.4 is 10.0 Å². The molecule has 0 bridgehead atoms. The molecule has 0 saturated carbocycles. The molecule has 23 heavy (non-hydrogen) atoms. The molecule has 7 heteroatoms. The zero-order valence-electron chi connectivity index (χ0n) is 12.4. The second kappa shape index (κ2) is 6.46. The number of aromatic nitrogens is 1. The number of nitrogens with zero attached hydrogens (tertiary/aromatic N) is 2. The molecule has 2 heterocycles. The van der Waals surface area contributed by atoms with Gasteiger partial charge in [-0.1, -0.05) is 24.3 Å². The van der Waals surface area contributed by atoms with Gasteiger partial charge in [0.25, 0.3) is 0 Å². The molecule has 1 aromatic heterocycles. The van der Waals surface area contributed by atoms with Crippen LogP contribution in [0.2, 0.25) is 0 Å². The van der Waals surface area contributed by atoms with Gasteiger partial charge in [-0.2, -0.15) is 5.26 Å². The topological polar surface area (TPSA) is 94.9 Å². The molecule has 1 unspecified atom stereocenters. The fraction of sp³-hybridized carbons (Fsp3) is 0.250. The van der Waals surface area contributed by atoms with Crippen molar-refractivity contribution in [3.8, 4) is 6.07 Å². The lowest BCUT2D eigenvalue weighted by Crippen LogP contribution is -2.38. The Balaban J connectivity index is 1.77. The lowest BCUT2D eigenvalue weighted by atomic mass is 9.95. The summed E-state index contributed by atoms with van der Waals surface area (Å²) in [6, 6.07) is 11.2. The first-order valence-corrected chi connectivity index (χ1v) is 8.74. The van der Waals surface area contributed by atoms with Crippen LogP contribution in [0.4, 0.5) is 0 Å². The van der Waals surface area contributed by atoms with Gasteiger partial charge in [0.1, 0.15) is 11.0 Å². The van der Waals surface area contributed by atoms with Gasteiger partial charge in [-0.3, -0.25) is 4.98 Å². The highest BCUT2D eigenvalue weighted by atomic mass is 32.2. The van der Waals surface area contributed by atoms with Gasteiger partial charge in [-0.05, 0) is 30.2 Å². The summed E-state index contributed by atoms with van der Waals surface area (Å²) in [4.78, 5) is 3.80. The number of nitrogens with one attached hydrogen (secondary N) is 2. The molecule has 2 N–H and O–H groups in total. The van der Waals surface area contributed by atoms with Crippen LogP contribution in [0.25, 0.3) is 0 Å². The Kier molecular flexibility index (Phi) is 4.39. The number of hydrogen-bond donors (Lipinski definition) is 2. The Bertz CT molecular complexity index is 858. The van der Waals surface area contributed by atoms with Crippen LogP contribution in [-0.4, -0.2) is 26.5 Å². The van der Waals surface area contributed by atoms with Crippen molar-refractivity contribution in [2.75, 3.05) is 13.1 Å². The third-order valence-electron chi connectivity index (χ3n) is 3.85. The van der Waals surface area contributed by atoms with Crippen LogP contribution in [0.5, 0.6) is 0 Å². The highest BCUT2D eigenvalue weighted by Crippen LogP contribution is 2.22. The number of fused-ring (bicyclic) bond motifs is 1. The Labute approximate surface area is 135 Å². The van der Waals surface area contributed by atoms with Gasteiger partial charge < -0.3 is 5.32 Å². The molecule has 0 aliphatic carbocycles. The van der Waals surface area contributed by atoms with Crippen molar-refractivity contribution in [3.05, 3.63) is 59.4 Å². The molecule has 1 atom stereocenters. The van der Waals surface area contributed by atoms with E-state index in [2.05, 4.69) is 21.1 Å². The molecule has 0 spiro atoms. The van der Waals surface area contributed by atoms with Crippen LogP contribution in [-0.2, 0) is 16.4 Å². The van der Waals surface area contributed by atoms with E-state index in [4.69, 9.17) is 5.26 Å². The van der Waals surface area contributed by atoms with Crippen LogP contribution in [0.3, 0.4) is 0 Å². The predicted octanol–water partition coefficient (Wildman–Crippen LogP) is 1.12. The average molecular weight is 328 g/mol. The number of hydrogen-bond acceptors (Lipinski definition) is 5. The van der Waals surface area contributed by atoms with Crippen LogP contribution in [0, 0.1) is 11.3 Å². The van der Waals surface area contributed by atoms with Gasteiger partial charge in [0.05, 0.1) is 5.56 Å². The molecule has 3 rings (SSSR count). The molecule has 1 aliphatic heterocycles. The maximum atomic E-state index is 12.4. The molecule has 6 nitrogen and oxygen atoms in total. The first-order chi connectivity index (χ1) is 11.1. The maximum absolute atomic E-state index is 12.4. The molecule has 118 valence electrons. The van der Waals surface area contributed by atoms with Crippen molar-refractivity contribution < 1.29 is 8.42 Å². The van der Waals surface area contributed by atoms with E-state index < -0.39 is 10.0 Å². The summed E-state index contributed by atoms with van der Waals surface area (Å²) >= 11 is 0. The molecule has 1 aliphatic rings. The van der Waals surface area contributed by atoms with Gasteiger partial charge >= 0.3 is 0 Å². The molecule has 2 aromatic rings. The summed E-state index contributed by atoms with van der Waals surface area (Å²) in [5.41, 5.74) is 2.57. The minimum absolute atomic E-state index is 0.000597. The summed E-state index contributed by atoms with van der Waals surface area (Å²) in [7, 11) is -3.70. The maximum Gasteiger partial charge on any atom is 0.242 e. The van der Waals surface area contributed by atoms with E-state index in [1.807, 2.05) is 24.3 Å².